The molecule has 22 heavy (non-hydrogen) atoms. The van der Waals surface area contributed by atoms with Crippen LogP contribution in [0.1, 0.15) is 27.7 Å². The number of rotatable bonds is 4. The van der Waals surface area contributed by atoms with Crippen molar-refractivity contribution in [2.24, 2.45) is 7.05 Å². The highest BCUT2D eigenvalue weighted by Crippen LogP contribution is 2.40. The predicted molar refractivity (Wildman–Crippen MR) is 90.9 cm³/mol. The molecular formula is C17H22N2O2S. The summed E-state index contributed by atoms with van der Waals surface area (Å²) >= 11 is 1.81. The van der Waals surface area contributed by atoms with Crippen molar-refractivity contribution in [2.75, 3.05) is 0 Å². The SMILES string of the molecule is CC(=O)NOc1ccc(SC(C)(C)C)c(-c2cccn2C)c1. The van der Waals surface area contributed by atoms with Gasteiger partial charge in [-0.05, 0) is 30.3 Å². The van der Waals surface area contributed by atoms with E-state index in [4.69, 9.17) is 4.84 Å². The maximum atomic E-state index is 11.0. The molecule has 1 N–H and O–H groups in total. The monoisotopic (exact) mass is 318 g/mol. The quantitative estimate of drug-likeness (QED) is 0.684. The topological polar surface area (TPSA) is 43.3 Å². The number of aromatic nitrogens is 1. The predicted octanol–water partition coefficient (Wildman–Crippen LogP) is 4.01. The molecule has 0 radical (unpaired) electrons. The maximum absolute atomic E-state index is 11.0. The van der Waals surface area contributed by atoms with E-state index in [9.17, 15) is 4.79 Å². The maximum Gasteiger partial charge on any atom is 0.249 e. The van der Waals surface area contributed by atoms with E-state index in [0.29, 0.717) is 5.75 Å². The molecule has 1 amide bonds. The van der Waals surface area contributed by atoms with Gasteiger partial charge >= 0.3 is 0 Å². The Labute approximate surface area is 135 Å². The van der Waals surface area contributed by atoms with Gasteiger partial charge in [0.15, 0.2) is 5.75 Å². The highest BCUT2D eigenvalue weighted by Gasteiger charge is 2.17. The first kappa shape index (κ1) is 16.5. The van der Waals surface area contributed by atoms with Crippen molar-refractivity contribution in [3.63, 3.8) is 0 Å². The summed E-state index contributed by atoms with van der Waals surface area (Å²) in [6.45, 7) is 7.98. The minimum atomic E-state index is -0.228. The van der Waals surface area contributed by atoms with Gasteiger partial charge in [0.05, 0.1) is 0 Å². The zero-order valence-electron chi connectivity index (χ0n) is 13.6. The van der Waals surface area contributed by atoms with Gasteiger partial charge in [0.25, 0.3) is 0 Å². The van der Waals surface area contributed by atoms with Crippen LogP contribution in [0.15, 0.2) is 41.4 Å². The van der Waals surface area contributed by atoms with E-state index < -0.39 is 0 Å². The fourth-order valence-electron chi connectivity index (χ4n) is 2.06. The molecule has 0 aliphatic carbocycles. The van der Waals surface area contributed by atoms with Gasteiger partial charge in [-0.2, -0.15) is 5.48 Å². The average molecular weight is 318 g/mol. The highest BCUT2D eigenvalue weighted by molar-refractivity contribution is 8.00. The lowest BCUT2D eigenvalue weighted by Crippen LogP contribution is -2.23. The Hall–Kier alpha value is -1.88. The number of hydrogen-bond acceptors (Lipinski definition) is 3. The van der Waals surface area contributed by atoms with E-state index in [2.05, 4.69) is 36.9 Å². The molecular weight excluding hydrogens is 296 g/mol. The Balaban J connectivity index is 2.42. The second kappa shape index (κ2) is 6.48. The average Bonchev–Trinajstić information content (AvgIpc) is 2.82. The van der Waals surface area contributed by atoms with Crippen LogP contribution in [0.5, 0.6) is 5.75 Å². The molecule has 5 heteroatoms. The lowest BCUT2D eigenvalue weighted by atomic mass is 10.1. The Morgan fingerprint density at radius 3 is 2.55 bits per heavy atom. The van der Waals surface area contributed by atoms with E-state index in [-0.39, 0.29) is 10.7 Å². The number of nitrogens with zero attached hydrogens (tertiary/aromatic N) is 1. The smallest absolute Gasteiger partial charge is 0.249 e. The lowest BCUT2D eigenvalue weighted by Gasteiger charge is -2.21. The fourth-order valence-corrected chi connectivity index (χ4v) is 3.13. The number of carbonyl (C=O) groups excluding carboxylic acids is 1. The van der Waals surface area contributed by atoms with Crippen molar-refractivity contribution < 1.29 is 9.63 Å². The zero-order valence-corrected chi connectivity index (χ0v) is 14.5. The number of benzene rings is 1. The van der Waals surface area contributed by atoms with Crippen LogP contribution < -0.4 is 10.3 Å². The third-order valence-corrected chi connectivity index (χ3v) is 4.09. The third-order valence-electron chi connectivity index (χ3n) is 2.90. The molecule has 0 unspecified atom stereocenters. The minimum Gasteiger partial charge on any atom is -0.380 e. The van der Waals surface area contributed by atoms with Gasteiger partial charge in [0.2, 0.25) is 5.91 Å². The molecule has 0 saturated carbocycles. The van der Waals surface area contributed by atoms with Crippen molar-refractivity contribution in [2.45, 2.75) is 37.3 Å². The van der Waals surface area contributed by atoms with Crippen LogP contribution in [0.2, 0.25) is 0 Å². The van der Waals surface area contributed by atoms with E-state index in [0.717, 1.165) is 11.3 Å². The molecule has 0 aliphatic heterocycles. The number of hydrogen-bond donors (Lipinski definition) is 1. The van der Waals surface area contributed by atoms with Gasteiger partial charge in [-0.1, -0.05) is 20.8 Å². The second-order valence-corrected chi connectivity index (χ2v) is 8.01. The summed E-state index contributed by atoms with van der Waals surface area (Å²) < 4.78 is 2.18. The molecule has 0 bridgehead atoms. The van der Waals surface area contributed by atoms with Crippen molar-refractivity contribution in [1.29, 1.82) is 0 Å². The number of hydroxylamine groups is 1. The molecule has 0 saturated heterocycles. The van der Waals surface area contributed by atoms with Gasteiger partial charge < -0.3 is 9.40 Å². The van der Waals surface area contributed by atoms with Gasteiger partial charge in [-0.25, -0.2) is 0 Å². The van der Waals surface area contributed by atoms with Gasteiger partial charge in [0, 0.05) is 41.1 Å². The van der Waals surface area contributed by atoms with Crippen LogP contribution in [0.3, 0.4) is 0 Å². The summed E-state index contributed by atoms with van der Waals surface area (Å²) in [4.78, 5) is 17.5. The number of nitrogens with one attached hydrogen (secondary N) is 1. The molecule has 4 nitrogen and oxygen atoms in total. The second-order valence-electron chi connectivity index (χ2n) is 6.14. The molecule has 118 valence electrons. The molecule has 1 aromatic carbocycles. The largest absolute Gasteiger partial charge is 0.380 e. The molecule has 0 aliphatic rings. The first-order chi connectivity index (χ1) is 10.3. The molecule has 2 rings (SSSR count). The number of amides is 1. The molecule has 2 aromatic rings. The number of carbonyl (C=O) groups is 1. The van der Waals surface area contributed by atoms with Crippen LogP contribution in [0.4, 0.5) is 0 Å². The van der Waals surface area contributed by atoms with Crippen LogP contribution in [0, 0.1) is 0 Å². The third kappa shape index (κ3) is 4.31. The Morgan fingerprint density at radius 1 is 1.27 bits per heavy atom. The van der Waals surface area contributed by atoms with Crippen LogP contribution >= 0.6 is 11.8 Å². The summed E-state index contributed by atoms with van der Waals surface area (Å²) in [7, 11) is 2.02. The number of thioether (sulfide) groups is 1. The molecule has 1 aromatic heterocycles. The van der Waals surface area contributed by atoms with E-state index in [1.807, 2.05) is 49.3 Å². The summed E-state index contributed by atoms with van der Waals surface area (Å²) in [6.07, 6.45) is 2.02. The molecule has 1 heterocycles. The minimum absolute atomic E-state index is 0.111. The standard InChI is InChI=1S/C17H22N2O2S/c1-12(20)18-21-13-8-9-16(22-17(2,3)4)14(11-13)15-7-6-10-19(15)5/h6-11H,1-5H3,(H,18,20). The first-order valence-corrected chi connectivity index (χ1v) is 7.96. The van der Waals surface area contributed by atoms with Gasteiger partial charge in [0.1, 0.15) is 0 Å². The summed E-state index contributed by atoms with van der Waals surface area (Å²) in [6, 6.07) is 9.96. The summed E-state index contributed by atoms with van der Waals surface area (Å²) in [5, 5.41) is 0. The Bertz CT molecular complexity index is 672. The van der Waals surface area contributed by atoms with Gasteiger partial charge in [-0.15, -0.1) is 11.8 Å². The lowest BCUT2D eigenvalue weighted by molar-refractivity contribution is -0.125. The highest BCUT2D eigenvalue weighted by atomic mass is 32.2. The van der Waals surface area contributed by atoms with Crippen LogP contribution in [0.25, 0.3) is 11.3 Å². The summed E-state index contributed by atoms with van der Waals surface area (Å²) in [5.41, 5.74) is 4.57. The van der Waals surface area contributed by atoms with Crippen molar-refractivity contribution in [1.82, 2.24) is 10.0 Å². The Kier molecular flexibility index (Phi) is 4.86. The van der Waals surface area contributed by atoms with Crippen molar-refractivity contribution in [3.8, 4) is 17.0 Å². The summed E-state index contributed by atoms with van der Waals surface area (Å²) in [5.74, 6) is 0.387. The van der Waals surface area contributed by atoms with Crippen LogP contribution in [-0.4, -0.2) is 15.2 Å². The molecule has 0 spiro atoms. The Morgan fingerprint density at radius 2 is 2.00 bits per heavy atom. The molecule has 0 fully saturated rings. The van der Waals surface area contributed by atoms with Crippen LogP contribution in [-0.2, 0) is 11.8 Å². The zero-order chi connectivity index (χ0) is 16.3. The van der Waals surface area contributed by atoms with E-state index >= 15 is 0 Å². The van der Waals surface area contributed by atoms with Crippen molar-refractivity contribution in [3.05, 3.63) is 36.5 Å². The fraction of sp³-hybridized carbons (Fsp3) is 0.353. The van der Waals surface area contributed by atoms with E-state index in [1.54, 1.807) is 0 Å². The van der Waals surface area contributed by atoms with Crippen molar-refractivity contribution >= 4 is 17.7 Å². The normalized spacial score (nSPS) is 11.3. The molecule has 0 atom stereocenters. The van der Waals surface area contributed by atoms with E-state index in [1.165, 1.54) is 11.8 Å². The van der Waals surface area contributed by atoms with Gasteiger partial charge in [-0.3, -0.25) is 4.79 Å². The first-order valence-electron chi connectivity index (χ1n) is 7.14. The number of aryl methyl sites for hydroxylation is 1.